The van der Waals surface area contributed by atoms with Crippen molar-refractivity contribution >= 4 is 23.2 Å². The fraction of sp³-hybridized carbons (Fsp3) is 0.571. The highest BCUT2D eigenvalue weighted by Crippen LogP contribution is 2.41. The Labute approximate surface area is 118 Å². The van der Waals surface area contributed by atoms with E-state index in [1.54, 1.807) is 6.07 Å². The second kappa shape index (κ2) is 5.38. The first-order valence-corrected chi connectivity index (χ1v) is 6.98. The van der Waals surface area contributed by atoms with Crippen molar-refractivity contribution in [2.75, 3.05) is 6.61 Å². The number of hydrogen-bond acceptors (Lipinski definition) is 2. The van der Waals surface area contributed by atoms with E-state index in [1.807, 2.05) is 12.1 Å². The summed E-state index contributed by atoms with van der Waals surface area (Å²) in [6.45, 7) is 4.73. The maximum Gasteiger partial charge on any atom is 0.0958 e. The molecule has 4 heteroatoms. The molecule has 0 aliphatic carbocycles. The highest BCUT2D eigenvalue weighted by Gasteiger charge is 2.39. The van der Waals surface area contributed by atoms with Gasteiger partial charge in [0.2, 0.25) is 0 Å². The Bertz CT molecular complexity index is 434. The smallest absolute Gasteiger partial charge is 0.0958 e. The van der Waals surface area contributed by atoms with E-state index in [0.717, 1.165) is 0 Å². The van der Waals surface area contributed by atoms with E-state index in [9.17, 15) is 5.11 Å². The highest BCUT2D eigenvalue weighted by molar-refractivity contribution is 6.42. The van der Waals surface area contributed by atoms with Crippen molar-refractivity contribution in [1.82, 2.24) is 0 Å². The molecule has 0 saturated carbocycles. The first-order chi connectivity index (χ1) is 8.44. The summed E-state index contributed by atoms with van der Waals surface area (Å²) in [7, 11) is 0. The summed E-state index contributed by atoms with van der Waals surface area (Å²) >= 11 is 12.2. The van der Waals surface area contributed by atoms with Crippen LogP contribution in [0.4, 0.5) is 0 Å². The molecule has 1 N–H and O–H groups in total. The van der Waals surface area contributed by atoms with E-state index in [0.29, 0.717) is 41.0 Å². The van der Waals surface area contributed by atoms with Gasteiger partial charge in [0.25, 0.3) is 0 Å². The Morgan fingerprint density at radius 3 is 2.78 bits per heavy atom. The third-order valence-electron chi connectivity index (χ3n) is 3.58. The summed E-state index contributed by atoms with van der Waals surface area (Å²) in [5.74, 6) is 0.370. The number of ether oxygens (including phenoxy) is 1. The summed E-state index contributed by atoms with van der Waals surface area (Å²) in [5, 5.41) is 11.8. The summed E-state index contributed by atoms with van der Waals surface area (Å²) in [6.07, 6.45) is 1.17. The highest BCUT2D eigenvalue weighted by atomic mass is 35.5. The van der Waals surface area contributed by atoms with Gasteiger partial charge in [0.15, 0.2) is 0 Å². The molecule has 1 aliphatic heterocycles. The average Bonchev–Trinajstić information content (AvgIpc) is 2.32. The quantitative estimate of drug-likeness (QED) is 0.891. The predicted molar refractivity (Wildman–Crippen MR) is 74.2 cm³/mol. The van der Waals surface area contributed by atoms with Crippen LogP contribution in [-0.4, -0.2) is 17.8 Å². The maximum atomic E-state index is 10.8. The molecule has 1 heterocycles. The second-order valence-electron chi connectivity index (χ2n) is 5.24. The topological polar surface area (TPSA) is 29.5 Å². The van der Waals surface area contributed by atoms with Gasteiger partial charge in [0.05, 0.1) is 28.4 Å². The van der Waals surface area contributed by atoms with Gasteiger partial charge >= 0.3 is 0 Å². The van der Waals surface area contributed by atoms with E-state index < -0.39 is 5.60 Å². The normalized spacial score (nSPS) is 28.7. The largest absolute Gasteiger partial charge is 0.385 e. The minimum atomic E-state index is -0.935. The van der Waals surface area contributed by atoms with Gasteiger partial charge in [0, 0.05) is 18.4 Å². The Balaban J connectivity index is 2.33. The van der Waals surface area contributed by atoms with E-state index in [2.05, 4.69) is 13.8 Å². The lowest BCUT2D eigenvalue weighted by Gasteiger charge is -2.39. The lowest BCUT2D eigenvalue weighted by atomic mass is 9.81. The number of benzene rings is 1. The van der Waals surface area contributed by atoms with Gasteiger partial charge in [-0.15, -0.1) is 0 Å². The van der Waals surface area contributed by atoms with Crippen molar-refractivity contribution in [2.45, 2.75) is 38.4 Å². The van der Waals surface area contributed by atoms with Gasteiger partial charge in [-0.2, -0.15) is 0 Å². The summed E-state index contributed by atoms with van der Waals surface area (Å²) < 4.78 is 5.69. The molecule has 0 radical (unpaired) electrons. The van der Waals surface area contributed by atoms with Crippen LogP contribution in [0.1, 0.15) is 32.3 Å². The summed E-state index contributed by atoms with van der Waals surface area (Å²) in [4.78, 5) is 0. The molecule has 0 spiro atoms. The van der Waals surface area contributed by atoms with Crippen molar-refractivity contribution in [3.63, 3.8) is 0 Å². The Morgan fingerprint density at radius 1 is 1.39 bits per heavy atom. The van der Waals surface area contributed by atoms with Crippen molar-refractivity contribution in [3.05, 3.63) is 33.8 Å². The fourth-order valence-corrected chi connectivity index (χ4v) is 2.89. The van der Waals surface area contributed by atoms with Crippen LogP contribution >= 0.6 is 23.2 Å². The summed E-state index contributed by atoms with van der Waals surface area (Å²) in [5.41, 5.74) is -0.222. The molecule has 1 aromatic carbocycles. The molecule has 1 saturated heterocycles. The molecule has 0 amide bonds. The summed E-state index contributed by atoms with van der Waals surface area (Å²) in [6, 6.07) is 5.40. The number of rotatable bonds is 2. The van der Waals surface area contributed by atoms with Gasteiger partial charge in [-0.05, 0) is 12.0 Å². The van der Waals surface area contributed by atoms with Crippen LogP contribution in [0.3, 0.4) is 0 Å². The first kappa shape index (κ1) is 14.1. The zero-order valence-corrected chi connectivity index (χ0v) is 12.1. The molecule has 2 nitrogen and oxygen atoms in total. The van der Waals surface area contributed by atoms with Gasteiger partial charge in [-0.1, -0.05) is 49.2 Å². The number of aliphatic hydroxyl groups is 1. The third kappa shape index (κ3) is 2.67. The van der Waals surface area contributed by atoms with E-state index >= 15 is 0 Å². The van der Waals surface area contributed by atoms with Crippen LogP contribution in [-0.2, 0) is 10.3 Å². The van der Waals surface area contributed by atoms with Gasteiger partial charge in [-0.3, -0.25) is 0 Å². The molecular formula is C14H18Cl2O2. The van der Waals surface area contributed by atoms with E-state index in [1.165, 1.54) is 0 Å². The first-order valence-electron chi connectivity index (χ1n) is 6.22. The maximum absolute atomic E-state index is 10.8. The second-order valence-corrected chi connectivity index (χ2v) is 6.03. The van der Waals surface area contributed by atoms with Crippen LogP contribution in [0.15, 0.2) is 18.2 Å². The van der Waals surface area contributed by atoms with Crippen molar-refractivity contribution in [1.29, 1.82) is 0 Å². The Hall–Kier alpha value is -0.280. The molecule has 2 rings (SSSR count). The van der Waals surface area contributed by atoms with Crippen LogP contribution in [0.2, 0.25) is 10.0 Å². The average molecular weight is 289 g/mol. The van der Waals surface area contributed by atoms with Crippen molar-refractivity contribution in [3.8, 4) is 0 Å². The minimum absolute atomic E-state index is 0.0544. The monoisotopic (exact) mass is 288 g/mol. The van der Waals surface area contributed by atoms with Crippen molar-refractivity contribution in [2.24, 2.45) is 5.92 Å². The third-order valence-corrected chi connectivity index (χ3v) is 4.40. The van der Waals surface area contributed by atoms with Crippen LogP contribution in [0.25, 0.3) is 0 Å². The van der Waals surface area contributed by atoms with Gasteiger partial charge < -0.3 is 9.84 Å². The molecule has 1 fully saturated rings. The number of halogens is 2. The minimum Gasteiger partial charge on any atom is -0.385 e. The Morgan fingerprint density at radius 2 is 2.11 bits per heavy atom. The fourth-order valence-electron chi connectivity index (χ4n) is 2.41. The lowest BCUT2D eigenvalue weighted by Crippen LogP contribution is -2.40. The molecule has 18 heavy (non-hydrogen) atoms. The van der Waals surface area contributed by atoms with Gasteiger partial charge in [0.1, 0.15) is 0 Å². The molecule has 0 bridgehead atoms. The Kier molecular flexibility index (Phi) is 4.22. The molecule has 100 valence electrons. The molecule has 2 atom stereocenters. The standard InChI is InChI=1S/C14H18Cl2O2/c1-9(2)12-8-14(17,6-7-18-12)10-4-3-5-11(15)13(10)16/h3-5,9,12,17H,6-8H2,1-2H3. The zero-order valence-electron chi connectivity index (χ0n) is 10.6. The zero-order chi connectivity index (χ0) is 13.3. The predicted octanol–water partition coefficient (Wildman–Crippen LogP) is 4.02. The van der Waals surface area contributed by atoms with Crippen LogP contribution < -0.4 is 0 Å². The van der Waals surface area contributed by atoms with Crippen molar-refractivity contribution < 1.29 is 9.84 Å². The molecule has 1 aromatic rings. The van der Waals surface area contributed by atoms with Crippen LogP contribution in [0.5, 0.6) is 0 Å². The molecule has 2 unspecified atom stereocenters. The number of hydrogen-bond donors (Lipinski definition) is 1. The van der Waals surface area contributed by atoms with E-state index in [-0.39, 0.29) is 6.10 Å². The van der Waals surface area contributed by atoms with Gasteiger partial charge in [-0.25, -0.2) is 0 Å². The molecular weight excluding hydrogens is 271 g/mol. The SMILES string of the molecule is CC(C)C1CC(O)(c2cccc(Cl)c2Cl)CCO1. The molecule has 1 aliphatic rings. The molecule has 0 aromatic heterocycles. The van der Waals surface area contributed by atoms with E-state index in [4.69, 9.17) is 27.9 Å². The lowest BCUT2D eigenvalue weighted by molar-refractivity contribution is -0.121. The van der Waals surface area contributed by atoms with Crippen LogP contribution in [0, 0.1) is 5.92 Å².